The first-order valence-electron chi connectivity index (χ1n) is 9.12. The van der Waals surface area contributed by atoms with E-state index in [-0.39, 0.29) is 22.7 Å². The summed E-state index contributed by atoms with van der Waals surface area (Å²) < 4.78 is 0. The molecule has 0 saturated heterocycles. The fraction of sp³-hybridized carbons (Fsp3) is 0.900. The van der Waals surface area contributed by atoms with Crippen LogP contribution in [0.5, 0.6) is 0 Å². The molecular weight excluding hydrogens is 288 g/mol. The van der Waals surface area contributed by atoms with Gasteiger partial charge in [0.2, 0.25) is 0 Å². The van der Waals surface area contributed by atoms with Gasteiger partial charge in [0.1, 0.15) is 0 Å². The smallest absolute Gasteiger partial charge is 0.0797 e. The Labute approximate surface area is 141 Å². The van der Waals surface area contributed by atoms with Crippen molar-refractivity contribution in [2.24, 2.45) is 22.7 Å². The van der Waals surface area contributed by atoms with E-state index in [4.69, 9.17) is 0 Å². The zero-order chi connectivity index (χ0) is 17.7. The van der Waals surface area contributed by atoms with E-state index in [1.54, 1.807) is 13.0 Å². The van der Waals surface area contributed by atoms with Gasteiger partial charge in [0, 0.05) is 6.42 Å². The number of aliphatic hydroxyl groups excluding tert-OH is 1. The zero-order valence-electron chi connectivity index (χ0n) is 15.6. The van der Waals surface area contributed by atoms with Crippen molar-refractivity contribution in [1.29, 1.82) is 0 Å². The molecule has 2 saturated carbocycles. The Morgan fingerprint density at radius 2 is 1.83 bits per heavy atom. The molecule has 2 rings (SSSR count). The predicted octanol–water partition coefficient (Wildman–Crippen LogP) is 3.67. The maximum Gasteiger partial charge on any atom is 0.0797 e. The SMILES string of the molecule is C=CC(C)(O)CCC1C(C)(O)CC(O)C2C(C)(C)CCCC21C. The van der Waals surface area contributed by atoms with Gasteiger partial charge in [-0.05, 0) is 62.2 Å². The van der Waals surface area contributed by atoms with Gasteiger partial charge >= 0.3 is 0 Å². The summed E-state index contributed by atoms with van der Waals surface area (Å²) in [7, 11) is 0. The minimum absolute atomic E-state index is 0.0781. The Balaban J connectivity index is 2.35. The molecule has 0 spiro atoms. The molecule has 0 aliphatic heterocycles. The average Bonchev–Trinajstić information content (AvgIpc) is 2.34. The minimum Gasteiger partial charge on any atom is -0.393 e. The minimum atomic E-state index is -0.901. The van der Waals surface area contributed by atoms with Crippen LogP contribution in [-0.4, -0.2) is 32.6 Å². The van der Waals surface area contributed by atoms with Crippen molar-refractivity contribution in [3.8, 4) is 0 Å². The third kappa shape index (κ3) is 3.38. The van der Waals surface area contributed by atoms with E-state index >= 15 is 0 Å². The summed E-state index contributed by atoms with van der Waals surface area (Å²) in [4.78, 5) is 0. The van der Waals surface area contributed by atoms with E-state index in [1.165, 1.54) is 0 Å². The van der Waals surface area contributed by atoms with Crippen molar-refractivity contribution < 1.29 is 15.3 Å². The highest BCUT2D eigenvalue weighted by molar-refractivity contribution is 5.11. The van der Waals surface area contributed by atoms with Gasteiger partial charge in [-0.3, -0.25) is 0 Å². The van der Waals surface area contributed by atoms with Crippen LogP contribution in [-0.2, 0) is 0 Å². The molecule has 23 heavy (non-hydrogen) atoms. The Bertz CT molecular complexity index is 452. The summed E-state index contributed by atoms with van der Waals surface area (Å²) in [5.74, 6) is 0.275. The summed E-state index contributed by atoms with van der Waals surface area (Å²) in [6.45, 7) is 14.1. The molecule has 2 aliphatic carbocycles. The molecule has 6 unspecified atom stereocenters. The van der Waals surface area contributed by atoms with Gasteiger partial charge < -0.3 is 15.3 Å². The highest BCUT2D eigenvalue weighted by Crippen LogP contribution is 2.63. The normalized spacial score (nSPS) is 45.8. The molecule has 3 heteroatoms. The van der Waals surface area contributed by atoms with E-state index in [0.29, 0.717) is 12.8 Å². The van der Waals surface area contributed by atoms with Crippen LogP contribution in [0.1, 0.15) is 73.1 Å². The number of aliphatic hydroxyl groups is 3. The van der Waals surface area contributed by atoms with Crippen LogP contribution in [0, 0.1) is 22.7 Å². The van der Waals surface area contributed by atoms with Crippen LogP contribution in [0.15, 0.2) is 12.7 Å². The van der Waals surface area contributed by atoms with Crippen LogP contribution in [0.25, 0.3) is 0 Å². The van der Waals surface area contributed by atoms with Crippen molar-refractivity contribution in [1.82, 2.24) is 0 Å². The van der Waals surface area contributed by atoms with E-state index < -0.39 is 17.3 Å². The lowest BCUT2D eigenvalue weighted by molar-refractivity contribution is -0.216. The molecule has 2 fully saturated rings. The van der Waals surface area contributed by atoms with Gasteiger partial charge in [-0.25, -0.2) is 0 Å². The Hall–Kier alpha value is -0.380. The van der Waals surface area contributed by atoms with Crippen molar-refractivity contribution in [2.75, 3.05) is 0 Å². The molecule has 0 aromatic carbocycles. The van der Waals surface area contributed by atoms with Crippen LogP contribution < -0.4 is 0 Å². The predicted molar refractivity (Wildman–Crippen MR) is 94.0 cm³/mol. The second-order valence-electron chi connectivity index (χ2n) is 9.61. The molecule has 3 N–H and O–H groups in total. The molecule has 0 radical (unpaired) electrons. The molecule has 2 aliphatic rings. The lowest BCUT2D eigenvalue weighted by Gasteiger charge is -2.63. The van der Waals surface area contributed by atoms with Crippen molar-refractivity contribution in [3.05, 3.63) is 12.7 Å². The Morgan fingerprint density at radius 3 is 2.39 bits per heavy atom. The molecule has 0 aromatic heterocycles. The largest absolute Gasteiger partial charge is 0.393 e. The maximum atomic E-state index is 11.1. The summed E-state index contributed by atoms with van der Waals surface area (Å²) in [6, 6.07) is 0. The van der Waals surface area contributed by atoms with Gasteiger partial charge in [-0.1, -0.05) is 33.3 Å². The van der Waals surface area contributed by atoms with E-state index in [2.05, 4.69) is 27.4 Å². The topological polar surface area (TPSA) is 60.7 Å². The second-order valence-corrected chi connectivity index (χ2v) is 9.61. The first kappa shape index (κ1) is 19.0. The highest BCUT2D eigenvalue weighted by atomic mass is 16.3. The third-order valence-corrected chi connectivity index (χ3v) is 7.02. The van der Waals surface area contributed by atoms with Crippen LogP contribution in [0.4, 0.5) is 0 Å². The second kappa shape index (κ2) is 5.86. The average molecular weight is 325 g/mol. The van der Waals surface area contributed by atoms with Crippen LogP contribution in [0.3, 0.4) is 0 Å². The van der Waals surface area contributed by atoms with Crippen molar-refractivity contribution >= 4 is 0 Å². The van der Waals surface area contributed by atoms with E-state index in [0.717, 1.165) is 25.7 Å². The van der Waals surface area contributed by atoms with Gasteiger partial charge in [-0.15, -0.1) is 6.58 Å². The Kier molecular flexibility index (Phi) is 4.83. The van der Waals surface area contributed by atoms with Gasteiger partial charge in [-0.2, -0.15) is 0 Å². The third-order valence-electron chi connectivity index (χ3n) is 7.02. The number of fused-ring (bicyclic) bond motifs is 1. The molecule has 0 amide bonds. The monoisotopic (exact) mass is 324 g/mol. The molecule has 0 aromatic rings. The number of rotatable bonds is 4. The maximum absolute atomic E-state index is 11.1. The molecule has 3 nitrogen and oxygen atoms in total. The zero-order valence-corrected chi connectivity index (χ0v) is 15.6. The standard InChI is InChI=1S/C20H36O3/c1-7-18(4,22)12-9-15-19(5)11-8-10-17(2,3)16(19)14(21)13-20(15,6)23/h7,14-16,21-23H,1,8-13H2,2-6H3. The van der Waals surface area contributed by atoms with Gasteiger partial charge in [0.25, 0.3) is 0 Å². The molecule has 0 bridgehead atoms. The highest BCUT2D eigenvalue weighted by Gasteiger charge is 2.61. The molecular formula is C20H36O3. The first-order valence-corrected chi connectivity index (χ1v) is 9.12. The van der Waals surface area contributed by atoms with Gasteiger partial charge in [0.05, 0.1) is 17.3 Å². The lowest BCUT2D eigenvalue weighted by atomic mass is 9.44. The fourth-order valence-corrected chi connectivity index (χ4v) is 6.05. The first-order chi connectivity index (χ1) is 10.4. The molecule has 6 atom stereocenters. The Morgan fingerprint density at radius 1 is 1.22 bits per heavy atom. The van der Waals surface area contributed by atoms with Crippen LogP contribution >= 0.6 is 0 Å². The molecule has 134 valence electrons. The quantitative estimate of drug-likeness (QED) is 0.692. The van der Waals surface area contributed by atoms with Crippen LogP contribution in [0.2, 0.25) is 0 Å². The van der Waals surface area contributed by atoms with Crippen molar-refractivity contribution in [2.45, 2.75) is 90.4 Å². The summed E-state index contributed by atoms with van der Waals surface area (Å²) in [5, 5.41) is 32.2. The lowest BCUT2D eigenvalue weighted by Crippen LogP contribution is -2.62. The van der Waals surface area contributed by atoms with E-state index in [1.807, 2.05) is 6.92 Å². The van der Waals surface area contributed by atoms with E-state index in [9.17, 15) is 15.3 Å². The fourth-order valence-electron chi connectivity index (χ4n) is 6.05. The van der Waals surface area contributed by atoms with Gasteiger partial charge in [0.15, 0.2) is 0 Å². The number of hydrogen-bond acceptors (Lipinski definition) is 3. The summed E-state index contributed by atoms with van der Waals surface area (Å²) >= 11 is 0. The molecule has 0 heterocycles. The number of hydrogen-bond donors (Lipinski definition) is 3. The summed E-state index contributed by atoms with van der Waals surface area (Å²) in [6.07, 6.45) is 6.21. The summed E-state index contributed by atoms with van der Waals surface area (Å²) in [5.41, 5.74) is -1.81. The van der Waals surface area contributed by atoms with Crippen molar-refractivity contribution in [3.63, 3.8) is 0 Å².